The van der Waals surface area contributed by atoms with Gasteiger partial charge in [-0.1, -0.05) is 6.07 Å². The number of thiophene rings is 1. The van der Waals surface area contributed by atoms with E-state index in [2.05, 4.69) is 0 Å². The molecular weight excluding hydrogens is 196 g/mol. The summed E-state index contributed by atoms with van der Waals surface area (Å²) in [7, 11) is 0. The molecule has 0 aliphatic rings. The second kappa shape index (κ2) is 5.40. The van der Waals surface area contributed by atoms with Gasteiger partial charge in [-0.25, -0.2) is 0 Å². The van der Waals surface area contributed by atoms with Crippen LogP contribution in [0.1, 0.15) is 23.0 Å². The van der Waals surface area contributed by atoms with Crippen LogP contribution in [0.5, 0.6) is 0 Å². The van der Waals surface area contributed by atoms with Crippen molar-refractivity contribution in [2.75, 3.05) is 13.1 Å². The number of nitrogens with zero attached hydrogens (tertiary/aromatic N) is 2. The molecule has 1 rings (SSSR count). The molecule has 0 N–H and O–H groups in total. The zero-order valence-corrected chi connectivity index (χ0v) is 8.88. The van der Waals surface area contributed by atoms with Crippen LogP contribution in [-0.2, 0) is 0 Å². The highest BCUT2D eigenvalue weighted by Crippen LogP contribution is 2.11. The maximum absolute atomic E-state index is 11.8. The summed E-state index contributed by atoms with van der Waals surface area (Å²) in [6.07, 6.45) is 0.394. The Labute approximate surface area is 87.6 Å². The fraction of sp³-hybridized carbons (Fsp3) is 0.400. The minimum atomic E-state index is 0.0257. The summed E-state index contributed by atoms with van der Waals surface area (Å²) in [5.41, 5.74) is 0. The topological polar surface area (TPSA) is 44.1 Å². The van der Waals surface area contributed by atoms with Gasteiger partial charge in [0.2, 0.25) is 0 Å². The molecule has 1 aromatic rings. The molecule has 0 unspecified atom stereocenters. The molecule has 0 saturated carbocycles. The van der Waals surface area contributed by atoms with Gasteiger partial charge in [0.1, 0.15) is 0 Å². The molecule has 3 nitrogen and oxygen atoms in total. The van der Waals surface area contributed by atoms with Crippen LogP contribution in [0.3, 0.4) is 0 Å². The van der Waals surface area contributed by atoms with E-state index in [0.29, 0.717) is 19.5 Å². The molecule has 0 saturated heterocycles. The largest absolute Gasteiger partial charge is 0.337 e. The monoisotopic (exact) mass is 208 g/mol. The average molecular weight is 208 g/mol. The third-order valence-corrected chi connectivity index (χ3v) is 2.75. The molecular formula is C10H12N2OS. The Morgan fingerprint density at radius 2 is 2.50 bits per heavy atom. The lowest BCUT2D eigenvalue weighted by Gasteiger charge is -2.18. The van der Waals surface area contributed by atoms with Crippen LogP contribution in [0.15, 0.2) is 17.5 Å². The summed E-state index contributed by atoms with van der Waals surface area (Å²) in [6, 6.07) is 5.71. The fourth-order valence-electron chi connectivity index (χ4n) is 1.14. The van der Waals surface area contributed by atoms with Crippen molar-refractivity contribution in [3.8, 4) is 6.07 Å². The van der Waals surface area contributed by atoms with Gasteiger partial charge < -0.3 is 4.90 Å². The molecule has 1 amide bonds. The molecule has 0 radical (unpaired) electrons. The SMILES string of the molecule is CCN(CCC#N)C(=O)c1cccs1. The summed E-state index contributed by atoms with van der Waals surface area (Å²) in [6.45, 7) is 3.09. The molecule has 1 heterocycles. The summed E-state index contributed by atoms with van der Waals surface area (Å²) in [5.74, 6) is 0.0257. The Hall–Kier alpha value is -1.34. The van der Waals surface area contributed by atoms with Gasteiger partial charge in [-0.3, -0.25) is 4.79 Å². The van der Waals surface area contributed by atoms with Crippen molar-refractivity contribution in [2.24, 2.45) is 0 Å². The number of amides is 1. The van der Waals surface area contributed by atoms with Gasteiger partial charge in [0.15, 0.2) is 0 Å². The van der Waals surface area contributed by atoms with Gasteiger partial charge in [0, 0.05) is 13.1 Å². The molecule has 0 spiro atoms. The van der Waals surface area contributed by atoms with Crippen molar-refractivity contribution in [3.05, 3.63) is 22.4 Å². The third-order valence-electron chi connectivity index (χ3n) is 1.89. The third kappa shape index (κ3) is 2.57. The van der Waals surface area contributed by atoms with Crippen molar-refractivity contribution >= 4 is 17.2 Å². The molecule has 0 aliphatic carbocycles. The van der Waals surface area contributed by atoms with Crippen molar-refractivity contribution in [1.29, 1.82) is 5.26 Å². The number of hydrogen-bond acceptors (Lipinski definition) is 3. The van der Waals surface area contributed by atoms with E-state index < -0.39 is 0 Å². The van der Waals surface area contributed by atoms with Crippen LogP contribution in [0.25, 0.3) is 0 Å². The van der Waals surface area contributed by atoms with E-state index in [4.69, 9.17) is 5.26 Å². The van der Waals surface area contributed by atoms with Gasteiger partial charge in [0.05, 0.1) is 17.4 Å². The second-order valence-electron chi connectivity index (χ2n) is 2.77. The first kappa shape index (κ1) is 10.7. The smallest absolute Gasteiger partial charge is 0.263 e. The zero-order valence-electron chi connectivity index (χ0n) is 8.06. The van der Waals surface area contributed by atoms with Crippen LogP contribution in [0, 0.1) is 11.3 Å². The predicted octanol–water partition coefficient (Wildman–Crippen LogP) is 2.12. The highest BCUT2D eigenvalue weighted by molar-refractivity contribution is 7.12. The maximum Gasteiger partial charge on any atom is 0.263 e. The molecule has 0 aliphatic heterocycles. The lowest BCUT2D eigenvalue weighted by atomic mass is 10.3. The summed E-state index contributed by atoms with van der Waals surface area (Å²) < 4.78 is 0. The maximum atomic E-state index is 11.8. The highest BCUT2D eigenvalue weighted by Gasteiger charge is 2.13. The quantitative estimate of drug-likeness (QED) is 0.760. The van der Waals surface area contributed by atoms with Gasteiger partial charge >= 0.3 is 0 Å². The molecule has 0 bridgehead atoms. The summed E-state index contributed by atoms with van der Waals surface area (Å²) in [4.78, 5) is 14.2. The average Bonchev–Trinajstić information content (AvgIpc) is 2.71. The molecule has 1 aromatic heterocycles. The lowest BCUT2D eigenvalue weighted by Crippen LogP contribution is -2.30. The molecule has 74 valence electrons. The van der Waals surface area contributed by atoms with E-state index in [0.717, 1.165) is 4.88 Å². The Morgan fingerprint density at radius 1 is 1.71 bits per heavy atom. The number of rotatable bonds is 4. The van der Waals surface area contributed by atoms with E-state index in [1.165, 1.54) is 11.3 Å². The molecule has 4 heteroatoms. The van der Waals surface area contributed by atoms with Crippen molar-refractivity contribution in [3.63, 3.8) is 0 Å². The first-order chi connectivity index (χ1) is 6.79. The van der Waals surface area contributed by atoms with Gasteiger partial charge in [-0.05, 0) is 18.4 Å². The molecule has 0 aromatic carbocycles. The van der Waals surface area contributed by atoms with Gasteiger partial charge in [0.25, 0.3) is 5.91 Å². The van der Waals surface area contributed by atoms with Crippen molar-refractivity contribution < 1.29 is 4.79 Å². The van der Waals surface area contributed by atoms with Crippen LogP contribution in [-0.4, -0.2) is 23.9 Å². The second-order valence-corrected chi connectivity index (χ2v) is 3.72. The summed E-state index contributed by atoms with van der Waals surface area (Å²) >= 11 is 1.43. The van der Waals surface area contributed by atoms with E-state index in [9.17, 15) is 4.79 Å². The first-order valence-electron chi connectivity index (χ1n) is 4.49. The van der Waals surface area contributed by atoms with Crippen LogP contribution in [0.2, 0.25) is 0 Å². The van der Waals surface area contributed by atoms with E-state index >= 15 is 0 Å². The number of carbonyl (C=O) groups excluding carboxylic acids is 1. The molecule has 0 atom stereocenters. The number of hydrogen-bond donors (Lipinski definition) is 0. The first-order valence-corrected chi connectivity index (χ1v) is 5.37. The fourth-order valence-corrected chi connectivity index (χ4v) is 1.84. The number of nitriles is 1. The zero-order chi connectivity index (χ0) is 10.4. The van der Waals surface area contributed by atoms with Crippen LogP contribution < -0.4 is 0 Å². The van der Waals surface area contributed by atoms with E-state index in [-0.39, 0.29) is 5.91 Å². The van der Waals surface area contributed by atoms with E-state index in [1.807, 2.05) is 30.5 Å². The summed E-state index contributed by atoms with van der Waals surface area (Å²) in [5, 5.41) is 10.3. The predicted molar refractivity (Wildman–Crippen MR) is 56.1 cm³/mol. The Bertz CT molecular complexity index is 326. The van der Waals surface area contributed by atoms with Crippen LogP contribution in [0.4, 0.5) is 0 Å². The van der Waals surface area contributed by atoms with Crippen molar-refractivity contribution in [1.82, 2.24) is 4.90 Å². The highest BCUT2D eigenvalue weighted by atomic mass is 32.1. The number of carbonyl (C=O) groups is 1. The molecule has 0 fully saturated rings. The minimum absolute atomic E-state index is 0.0257. The normalized spacial score (nSPS) is 9.43. The Balaban J connectivity index is 2.62. The standard InChI is InChI=1S/C10H12N2OS/c1-2-12(7-4-6-11)10(13)9-5-3-8-14-9/h3,5,8H,2,4,7H2,1H3. The molecule has 14 heavy (non-hydrogen) atoms. The van der Waals surface area contributed by atoms with Crippen LogP contribution >= 0.6 is 11.3 Å². The Kier molecular flexibility index (Phi) is 4.14. The van der Waals surface area contributed by atoms with Crippen molar-refractivity contribution in [2.45, 2.75) is 13.3 Å². The Morgan fingerprint density at radius 3 is 3.00 bits per heavy atom. The minimum Gasteiger partial charge on any atom is -0.337 e. The van der Waals surface area contributed by atoms with Gasteiger partial charge in [-0.15, -0.1) is 11.3 Å². The van der Waals surface area contributed by atoms with Gasteiger partial charge in [-0.2, -0.15) is 5.26 Å². The van der Waals surface area contributed by atoms with E-state index in [1.54, 1.807) is 4.90 Å². The lowest BCUT2D eigenvalue weighted by molar-refractivity contribution is 0.0772.